The summed E-state index contributed by atoms with van der Waals surface area (Å²) in [5.74, 6) is 0.673. The number of ether oxygens (including phenoxy) is 1. The van der Waals surface area contributed by atoms with Gasteiger partial charge in [-0.05, 0) is 12.8 Å². The molecule has 0 aromatic carbocycles. The van der Waals surface area contributed by atoms with Crippen LogP contribution >= 0.6 is 0 Å². The van der Waals surface area contributed by atoms with Crippen LogP contribution in [0.5, 0.6) is 0 Å². The zero-order valence-electron chi connectivity index (χ0n) is 13.3. The highest BCUT2D eigenvalue weighted by Gasteiger charge is 2.29. The van der Waals surface area contributed by atoms with E-state index in [0.717, 1.165) is 37.0 Å². The largest absolute Gasteiger partial charge is 0.480 e. The Labute approximate surface area is 135 Å². The van der Waals surface area contributed by atoms with E-state index in [1.807, 2.05) is 6.07 Å². The van der Waals surface area contributed by atoms with E-state index < -0.39 is 12.0 Å². The molecule has 1 aromatic heterocycles. The third-order valence-corrected chi connectivity index (χ3v) is 4.20. The maximum absolute atomic E-state index is 11.0. The molecule has 2 aliphatic heterocycles. The molecule has 8 nitrogen and oxygen atoms in total. The van der Waals surface area contributed by atoms with E-state index in [9.17, 15) is 4.79 Å². The van der Waals surface area contributed by atoms with Crippen molar-refractivity contribution in [3.8, 4) is 0 Å². The fraction of sp³-hybridized carbons (Fsp3) is 0.667. The van der Waals surface area contributed by atoms with Crippen LogP contribution in [0.25, 0.3) is 0 Å². The number of hydrogen-bond donors (Lipinski definition) is 3. The first-order valence-electron chi connectivity index (χ1n) is 8.09. The number of anilines is 2. The first-order valence-corrected chi connectivity index (χ1v) is 8.09. The van der Waals surface area contributed by atoms with Crippen LogP contribution in [-0.4, -0.2) is 66.0 Å². The third kappa shape index (κ3) is 3.89. The molecule has 0 unspecified atom stereocenters. The van der Waals surface area contributed by atoms with Gasteiger partial charge in [-0.1, -0.05) is 6.92 Å². The molecule has 2 aliphatic rings. The predicted molar refractivity (Wildman–Crippen MR) is 85.9 cm³/mol. The molecular formula is C15H23N5O3. The minimum Gasteiger partial charge on any atom is -0.480 e. The van der Waals surface area contributed by atoms with Gasteiger partial charge in [0.15, 0.2) is 0 Å². The number of hydrogen-bond acceptors (Lipinski definition) is 7. The Bertz CT molecular complexity index is 562. The fourth-order valence-corrected chi connectivity index (χ4v) is 2.89. The summed E-state index contributed by atoms with van der Waals surface area (Å²) in [6, 6.07) is 1.52. The monoisotopic (exact) mass is 321 g/mol. The van der Waals surface area contributed by atoms with Crippen molar-refractivity contribution in [1.82, 2.24) is 15.3 Å². The van der Waals surface area contributed by atoms with Crippen LogP contribution in [0.15, 0.2) is 6.07 Å². The molecule has 126 valence electrons. The Hall–Kier alpha value is -1.93. The molecule has 2 fully saturated rings. The molecule has 3 rings (SSSR count). The van der Waals surface area contributed by atoms with Crippen LogP contribution in [0, 0.1) is 0 Å². The molecule has 3 N–H and O–H groups in total. The highest BCUT2D eigenvalue weighted by molar-refractivity contribution is 5.74. The van der Waals surface area contributed by atoms with Crippen LogP contribution in [0.2, 0.25) is 0 Å². The van der Waals surface area contributed by atoms with Crippen LogP contribution < -0.4 is 15.5 Å². The minimum absolute atomic E-state index is 0.0632. The molecule has 23 heavy (non-hydrogen) atoms. The van der Waals surface area contributed by atoms with Gasteiger partial charge < -0.3 is 25.4 Å². The van der Waals surface area contributed by atoms with Crippen molar-refractivity contribution in [2.75, 3.05) is 43.1 Å². The smallest absolute Gasteiger partial charge is 0.320 e. The molecule has 0 radical (unpaired) electrons. The molecule has 0 spiro atoms. The van der Waals surface area contributed by atoms with E-state index in [0.29, 0.717) is 26.2 Å². The number of nitrogens with one attached hydrogen (secondary N) is 2. The van der Waals surface area contributed by atoms with Crippen molar-refractivity contribution in [2.24, 2.45) is 0 Å². The first kappa shape index (κ1) is 15.9. The van der Waals surface area contributed by atoms with Gasteiger partial charge in [-0.15, -0.1) is 0 Å². The van der Waals surface area contributed by atoms with Gasteiger partial charge in [0.25, 0.3) is 0 Å². The molecule has 2 saturated heterocycles. The Balaban J connectivity index is 1.72. The lowest BCUT2D eigenvalue weighted by Crippen LogP contribution is -2.37. The lowest BCUT2D eigenvalue weighted by atomic mass is 10.2. The van der Waals surface area contributed by atoms with Gasteiger partial charge in [0.1, 0.15) is 11.9 Å². The highest BCUT2D eigenvalue weighted by Crippen LogP contribution is 2.18. The van der Waals surface area contributed by atoms with Crippen molar-refractivity contribution < 1.29 is 14.6 Å². The number of carboxylic acid groups (broad SMARTS) is 1. The number of aryl methyl sites for hydroxylation is 1. The second-order valence-electron chi connectivity index (χ2n) is 5.87. The van der Waals surface area contributed by atoms with Gasteiger partial charge in [-0.25, -0.2) is 4.98 Å². The van der Waals surface area contributed by atoms with Gasteiger partial charge in [-0.2, -0.15) is 4.98 Å². The summed E-state index contributed by atoms with van der Waals surface area (Å²) in [6.07, 6.45) is 1.38. The van der Waals surface area contributed by atoms with Crippen molar-refractivity contribution in [2.45, 2.75) is 31.8 Å². The fourth-order valence-electron chi connectivity index (χ4n) is 2.89. The van der Waals surface area contributed by atoms with Gasteiger partial charge >= 0.3 is 5.97 Å². The summed E-state index contributed by atoms with van der Waals surface area (Å²) in [6.45, 7) is 5.64. The van der Waals surface area contributed by atoms with Gasteiger partial charge in [-0.3, -0.25) is 4.79 Å². The Morgan fingerprint density at radius 3 is 2.91 bits per heavy atom. The molecule has 1 aromatic rings. The number of carboxylic acids is 1. The van der Waals surface area contributed by atoms with E-state index in [4.69, 9.17) is 9.84 Å². The number of carbonyl (C=O) groups is 1. The van der Waals surface area contributed by atoms with Gasteiger partial charge in [0, 0.05) is 37.4 Å². The first-order chi connectivity index (χ1) is 11.2. The Morgan fingerprint density at radius 1 is 1.48 bits per heavy atom. The van der Waals surface area contributed by atoms with Crippen molar-refractivity contribution in [3.63, 3.8) is 0 Å². The average molecular weight is 321 g/mol. The summed E-state index contributed by atoms with van der Waals surface area (Å²) in [4.78, 5) is 22.4. The van der Waals surface area contributed by atoms with E-state index in [1.165, 1.54) is 0 Å². The number of aromatic nitrogens is 2. The lowest BCUT2D eigenvalue weighted by molar-refractivity contribution is -0.139. The Morgan fingerprint density at radius 2 is 2.26 bits per heavy atom. The summed E-state index contributed by atoms with van der Waals surface area (Å²) < 4.78 is 5.37. The number of nitrogens with zero attached hydrogens (tertiary/aromatic N) is 3. The molecule has 0 aliphatic carbocycles. The number of rotatable bonds is 5. The maximum atomic E-state index is 11.0. The average Bonchev–Trinajstić information content (AvgIpc) is 3.04. The van der Waals surface area contributed by atoms with E-state index in [-0.39, 0.29) is 6.04 Å². The standard InChI is InChI=1S/C15H23N5O3/c1-2-10-8-13(17-11-7-12(14(21)22)16-9-11)19-15(18-10)20-3-5-23-6-4-20/h8,11-12,16H,2-7,9H2,1H3,(H,21,22)(H,17,18,19)/t11-,12-/m0/s1. The van der Waals surface area contributed by atoms with E-state index in [2.05, 4.69) is 32.4 Å². The van der Waals surface area contributed by atoms with Crippen molar-refractivity contribution >= 4 is 17.7 Å². The molecule has 3 heterocycles. The van der Waals surface area contributed by atoms with Gasteiger partial charge in [0.2, 0.25) is 5.95 Å². The zero-order chi connectivity index (χ0) is 16.2. The highest BCUT2D eigenvalue weighted by atomic mass is 16.5. The predicted octanol–water partition coefficient (Wildman–Crippen LogP) is 0.103. The number of aliphatic carboxylic acids is 1. The maximum Gasteiger partial charge on any atom is 0.320 e. The minimum atomic E-state index is -0.805. The summed E-state index contributed by atoms with van der Waals surface area (Å²) >= 11 is 0. The molecule has 2 atom stereocenters. The number of morpholine rings is 1. The van der Waals surface area contributed by atoms with E-state index >= 15 is 0 Å². The topological polar surface area (TPSA) is 99.6 Å². The van der Waals surface area contributed by atoms with E-state index in [1.54, 1.807) is 0 Å². The molecular weight excluding hydrogens is 298 g/mol. The molecule has 0 amide bonds. The third-order valence-electron chi connectivity index (χ3n) is 4.20. The summed E-state index contributed by atoms with van der Waals surface area (Å²) in [5.41, 5.74) is 0.977. The lowest BCUT2D eigenvalue weighted by Gasteiger charge is -2.27. The van der Waals surface area contributed by atoms with Crippen LogP contribution in [-0.2, 0) is 16.0 Å². The molecule has 0 saturated carbocycles. The zero-order valence-corrected chi connectivity index (χ0v) is 13.3. The van der Waals surface area contributed by atoms with Crippen LogP contribution in [0.1, 0.15) is 19.0 Å². The normalized spacial score (nSPS) is 24.7. The van der Waals surface area contributed by atoms with Crippen LogP contribution in [0.4, 0.5) is 11.8 Å². The van der Waals surface area contributed by atoms with Crippen molar-refractivity contribution in [3.05, 3.63) is 11.8 Å². The van der Waals surface area contributed by atoms with Crippen LogP contribution in [0.3, 0.4) is 0 Å². The van der Waals surface area contributed by atoms with Crippen molar-refractivity contribution in [1.29, 1.82) is 0 Å². The van der Waals surface area contributed by atoms with Gasteiger partial charge in [0.05, 0.1) is 13.2 Å². The second kappa shape index (κ2) is 7.10. The summed E-state index contributed by atoms with van der Waals surface area (Å²) in [7, 11) is 0. The molecule has 0 bridgehead atoms. The summed E-state index contributed by atoms with van der Waals surface area (Å²) in [5, 5.41) is 15.4. The Kier molecular flexibility index (Phi) is 4.92. The molecule has 8 heteroatoms. The second-order valence-corrected chi connectivity index (χ2v) is 5.87. The quantitative estimate of drug-likeness (QED) is 0.702. The SMILES string of the molecule is CCc1cc(N[C@@H]2CN[C@H](C(=O)O)C2)nc(N2CCOCC2)n1.